The Morgan fingerprint density at radius 1 is 1.26 bits per heavy atom. The van der Waals surface area contributed by atoms with Crippen LogP contribution in [0.4, 0.5) is 0 Å². The van der Waals surface area contributed by atoms with E-state index in [1.54, 1.807) is 6.07 Å². The topological polar surface area (TPSA) is 121 Å². The highest BCUT2D eigenvalue weighted by molar-refractivity contribution is 9.10. The van der Waals surface area contributed by atoms with Crippen LogP contribution in [0.5, 0.6) is 0 Å². The number of sulfonamides is 1. The van der Waals surface area contributed by atoms with Gasteiger partial charge in [0.1, 0.15) is 6.04 Å². The largest absolute Gasteiger partial charge is 0.481 e. The van der Waals surface area contributed by atoms with Crippen LogP contribution in [0.2, 0.25) is 0 Å². The highest BCUT2D eigenvalue weighted by Gasteiger charge is 2.28. The maximum atomic E-state index is 12.0. The molecule has 0 aliphatic heterocycles. The summed E-state index contributed by atoms with van der Waals surface area (Å²) >= 11 is 3.03. The van der Waals surface area contributed by atoms with Gasteiger partial charge in [-0.05, 0) is 28.1 Å². The molecule has 9 heteroatoms. The van der Waals surface area contributed by atoms with Crippen LogP contribution in [-0.4, -0.2) is 36.6 Å². The first-order valence-corrected chi connectivity index (χ1v) is 7.23. The first kappa shape index (κ1) is 15.6. The van der Waals surface area contributed by atoms with E-state index in [-0.39, 0.29) is 9.37 Å². The lowest BCUT2D eigenvalue weighted by molar-refractivity contribution is -0.145. The van der Waals surface area contributed by atoms with Gasteiger partial charge in [-0.25, -0.2) is 8.42 Å². The molecule has 3 N–H and O–H groups in total. The van der Waals surface area contributed by atoms with Gasteiger partial charge >= 0.3 is 11.9 Å². The van der Waals surface area contributed by atoms with Crippen molar-refractivity contribution in [3.63, 3.8) is 0 Å². The second-order valence-electron chi connectivity index (χ2n) is 3.54. The van der Waals surface area contributed by atoms with E-state index < -0.39 is 34.4 Å². The monoisotopic (exact) mass is 351 g/mol. The first-order chi connectivity index (χ1) is 8.74. The van der Waals surface area contributed by atoms with Crippen molar-refractivity contribution in [3.8, 4) is 0 Å². The number of carbonyl (C=O) groups is 2. The lowest BCUT2D eigenvalue weighted by atomic mass is 10.2. The fourth-order valence-corrected chi connectivity index (χ4v) is 3.46. The molecule has 0 saturated carbocycles. The minimum absolute atomic E-state index is 0.161. The number of benzene rings is 1. The van der Waals surface area contributed by atoms with Crippen LogP contribution >= 0.6 is 15.9 Å². The summed E-state index contributed by atoms with van der Waals surface area (Å²) in [5, 5.41) is 17.3. The second kappa shape index (κ2) is 6.13. The molecule has 1 rings (SSSR count). The van der Waals surface area contributed by atoms with E-state index in [0.29, 0.717) is 0 Å². The molecule has 0 radical (unpaired) electrons. The van der Waals surface area contributed by atoms with Gasteiger partial charge < -0.3 is 10.2 Å². The van der Waals surface area contributed by atoms with Gasteiger partial charge in [-0.3, -0.25) is 9.59 Å². The predicted octanol–water partition coefficient (Wildman–Crippen LogP) is 0.655. The van der Waals surface area contributed by atoms with Crippen LogP contribution in [0.15, 0.2) is 33.6 Å². The molecule has 1 unspecified atom stereocenters. The van der Waals surface area contributed by atoms with Crippen molar-refractivity contribution in [2.24, 2.45) is 0 Å². The molecule has 0 saturated heterocycles. The first-order valence-electron chi connectivity index (χ1n) is 4.95. The van der Waals surface area contributed by atoms with Crippen molar-refractivity contribution in [1.29, 1.82) is 0 Å². The Labute approximate surface area is 117 Å². The molecule has 0 aromatic heterocycles. The third kappa shape index (κ3) is 4.30. The molecule has 19 heavy (non-hydrogen) atoms. The molecule has 0 aliphatic carbocycles. The zero-order valence-corrected chi connectivity index (χ0v) is 11.8. The molecular formula is C10H10BrNO6S. The zero-order chi connectivity index (χ0) is 14.6. The van der Waals surface area contributed by atoms with E-state index in [1.807, 2.05) is 4.72 Å². The maximum absolute atomic E-state index is 12.0. The second-order valence-corrected chi connectivity index (χ2v) is 6.08. The van der Waals surface area contributed by atoms with Crippen molar-refractivity contribution < 1.29 is 28.2 Å². The Morgan fingerprint density at radius 3 is 2.32 bits per heavy atom. The normalized spacial score (nSPS) is 12.9. The molecule has 0 fully saturated rings. The molecule has 1 atom stereocenters. The Bertz CT molecular complexity index is 600. The van der Waals surface area contributed by atoms with E-state index in [1.165, 1.54) is 18.2 Å². The highest BCUT2D eigenvalue weighted by atomic mass is 79.9. The average Bonchev–Trinajstić information content (AvgIpc) is 2.27. The number of rotatable bonds is 6. The molecule has 7 nitrogen and oxygen atoms in total. The van der Waals surface area contributed by atoms with Gasteiger partial charge in [0.05, 0.1) is 11.3 Å². The molecule has 0 aliphatic rings. The predicted molar refractivity (Wildman–Crippen MR) is 68.1 cm³/mol. The van der Waals surface area contributed by atoms with Crippen molar-refractivity contribution in [3.05, 3.63) is 28.7 Å². The lowest BCUT2D eigenvalue weighted by Gasteiger charge is -2.13. The van der Waals surface area contributed by atoms with Crippen LogP contribution in [0.25, 0.3) is 0 Å². The number of carboxylic acid groups (broad SMARTS) is 2. The van der Waals surface area contributed by atoms with Crippen LogP contribution in [0.1, 0.15) is 6.42 Å². The van der Waals surface area contributed by atoms with Gasteiger partial charge in [0, 0.05) is 4.47 Å². The van der Waals surface area contributed by atoms with E-state index in [4.69, 9.17) is 10.2 Å². The van der Waals surface area contributed by atoms with E-state index in [2.05, 4.69) is 15.9 Å². The minimum Gasteiger partial charge on any atom is -0.481 e. The highest BCUT2D eigenvalue weighted by Crippen LogP contribution is 2.21. The third-order valence-corrected chi connectivity index (χ3v) is 4.58. The molecular weight excluding hydrogens is 342 g/mol. The number of aliphatic carboxylic acids is 2. The molecule has 0 spiro atoms. The van der Waals surface area contributed by atoms with Crippen LogP contribution in [0.3, 0.4) is 0 Å². The Hall–Kier alpha value is -1.45. The average molecular weight is 352 g/mol. The molecule has 0 bridgehead atoms. The van der Waals surface area contributed by atoms with Crippen LogP contribution in [0, 0.1) is 0 Å². The lowest BCUT2D eigenvalue weighted by Crippen LogP contribution is -2.42. The minimum atomic E-state index is -4.12. The maximum Gasteiger partial charge on any atom is 0.322 e. The van der Waals surface area contributed by atoms with Crippen molar-refractivity contribution in [1.82, 2.24) is 4.72 Å². The number of hydrogen-bond donors (Lipinski definition) is 3. The van der Waals surface area contributed by atoms with Gasteiger partial charge in [-0.2, -0.15) is 4.72 Å². The summed E-state index contributed by atoms with van der Waals surface area (Å²) in [6.45, 7) is 0. The summed E-state index contributed by atoms with van der Waals surface area (Å²) in [7, 11) is -4.12. The van der Waals surface area contributed by atoms with E-state index >= 15 is 0 Å². The van der Waals surface area contributed by atoms with Gasteiger partial charge in [0.15, 0.2) is 0 Å². The Morgan fingerprint density at radius 2 is 1.84 bits per heavy atom. The fraction of sp³-hybridized carbons (Fsp3) is 0.200. The molecule has 1 aromatic rings. The zero-order valence-electron chi connectivity index (χ0n) is 9.41. The summed E-state index contributed by atoms with van der Waals surface area (Å²) in [5.41, 5.74) is 0. The van der Waals surface area contributed by atoms with Gasteiger partial charge in [-0.15, -0.1) is 0 Å². The molecule has 0 amide bonds. The van der Waals surface area contributed by atoms with Crippen LogP contribution in [-0.2, 0) is 19.6 Å². The summed E-state index contributed by atoms with van der Waals surface area (Å²) in [6.07, 6.45) is -0.848. The smallest absolute Gasteiger partial charge is 0.322 e. The number of halogens is 1. The van der Waals surface area contributed by atoms with E-state index in [9.17, 15) is 18.0 Å². The standard InChI is InChI=1S/C10H10BrNO6S/c11-6-3-1-2-4-8(6)19(17,18)12-7(10(15)16)5-9(13)14/h1-4,7,12H,5H2,(H,13,14)(H,15,16). The van der Waals surface area contributed by atoms with Gasteiger partial charge in [0.25, 0.3) is 0 Å². The Balaban J connectivity index is 3.04. The summed E-state index contributed by atoms with van der Waals surface area (Å²) in [5.74, 6) is -2.97. The van der Waals surface area contributed by atoms with Crippen molar-refractivity contribution in [2.75, 3.05) is 0 Å². The third-order valence-electron chi connectivity index (χ3n) is 2.10. The molecule has 0 heterocycles. The fourth-order valence-electron chi connectivity index (χ4n) is 1.27. The number of hydrogen-bond acceptors (Lipinski definition) is 4. The molecule has 104 valence electrons. The van der Waals surface area contributed by atoms with Gasteiger partial charge in [0.2, 0.25) is 10.0 Å². The van der Waals surface area contributed by atoms with Crippen molar-refractivity contribution >= 4 is 37.9 Å². The van der Waals surface area contributed by atoms with Crippen LogP contribution < -0.4 is 4.72 Å². The van der Waals surface area contributed by atoms with Gasteiger partial charge in [-0.1, -0.05) is 12.1 Å². The summed E-state index contributed by atoms with van der Waals surface area (Å²) in [6, 6.07) is 4.07. The SMILES string of the molecule is O=C(O)CC(NS(=O)(=O)c1ccccc1Br)C(=O)O. The quantitative estimate of drug-likeness (QED) is 0.692. The summed E-state index contributed by atoms with van der Waals surface area (Å²) < 4.78 is 26.0. The summed E-state index contributed by atoms with van der Waals surface area (Å²) in [4.78, 5) is 21.2. The van der Waals surface area contributed by atoms with Crippen molar-refractivity contribution in [2.45, 2.75) is 17.4 Å². The number of nitrogens with one attached hydrogen (secondary N) is 1. The van der Waals surface area contributed by atoms with E-state index in [0.717, 1.165) is 0 Å². The Kier molecular flexibility index (Phi) is 5.04. The number of carboxylic acids is 2. The molecule has 1 aromatic carbocycles.